The molecule has 1 aromatic carbocycles. The SMILES string of the molecule is Cc1c(N)cccc1NC(=O)Cn1ccccc1=O. The lowest BCUT2D eigenvalue weighted by Crippen LogP contribution is -2.26. The molecular formula is C14H15N3O2. The van der Waals surface area contributed by atoms with E-state index in [0.717, 1.165) is 5.56 Å². The number of hydrogen-bond donors (Lipinski definition) is 2. The maximum absolute atomic E-state index is 11.9. The van der Waals surface area contributed by atoms with Crippen molar-refractivity contribution in [2.45, 2.75) is 13.5 Å². The zero-order chi connectivity index (χ0) is 13.8. The van der Waals surface area contributed by atoms with E-state index in [9.17, 15) is 9.59 Å². The molecule has 5 heteroatoms. The summed E-state index contributed by atoms with van der Waals surface area (Å²) in [5.74, 6) is -0.262. The van der Waals surface area contributed by atoms with E-state index in [0.29, 0.717) is 11.4 Å². The van der Waals surface area contributed by atoms with Gasteiger partial charge >= 0.3 is 0 Å². The Kier molecular flexibility index (Phi) is 3.66. The Hall–Kier alpha value is -2.56. The molecule has 2 aromatic rings. The third-order valence-electron chi connectivity index (χ3n) is 2.86. The minimum atomic E-state index is -0.262. The molecule has 1 aromatic heterocycles. The second kappa shape index (κ2) is 5.39. The number of hydrogen-bond acceptors (Lipinski definition) is 3. The van der Waals surface area contributed by atoms with Crippen LogP contribution in [0, 0.1) is 6.92 Å². The second-order valence-corrected chi connectivity index (χ2v) is 4.23. The van der Waals surface area contributed by atoms with E-state index in [2.05, 4.69) is 5.32 Å². The molecule has 0 saturated heterocycles. The maximum Gasteiger partial charge on any atom is 0.250 e. The number of rotatable bonds is 3. The first kappa shape index (κ1) is 12.9. The predicted octanol–water partition coefficient (Wildman–Crippen LogP) is 1.38. The first-order valence-corrected chi connectivity index (χ1v) is 5.88. The van der Waals surface area contributed by atoms with Crippen molar-refractivity contribution in [3.05, 3.63) is 58.5 Å². The van der Waals surface area contributed by atoms with Gasteiger partial charge in [0, 0.05) is 23.6 Å². The molecule has 2 rings (SSSR count). The summed E-state index contributed by atoms with van der Waals surface area (Å²) >= 11 is 0. The third kappa shape index (κ3) is 3.01. The Labute approximate surface area is 110 Å². The number of carbonyl (C=O) groups excluding carboxylic acids is 1. The number of nitrogen functional groups attached to an aromatic ring is 1. The van der Waals surface area contributed by atoms with Crippen LogP contribution in [0.25, 0.3) is 0 Å². The van der Waals surface area contributed by atoms with Crippen molar-refractivity contribution in [3.8, 4) is 0 Å². The summed E-state index contributed by atoms with van der Waals surface area (Å²) in [5, 5.41) is 2.75. The minimum Gasteiger partial charge on any atom is -0.398 e. The average molecular weight is 257 g/mol. The lowest BCUT2D eigenvalue weighted by Gasteiger charge is -2.10. The van der Waals surface area contributed by atoms with Crippen LogP contribution >= 0.6 is 0 Å². The van der Waals surface area contributed by atoms with Gasteiger partial charge in [-0.3, -0.25) is 9.59 Å². The Morgan fingerprint density at radius 1 is 1.26 bits per heavy atom. The molecule has 0 bridgehead atoms. The highest BCUT2D eigenvalue weighted by Crippen LogP contribution is 2.20. The van der Waals surface area contributed by atoms with Crippen LogP contribution in [-0.2, 0) is 11.3 Å². The topological polar surface area (TPSA) is 77.1 Å². The van der Waals surface area contributed by atoms with Gasteiger partial charge in [0.1, 0.15) is 6.54 Å². The summed E-state index contributed by atoms with van der Waals surface area (Å²) in [6, 6.07) is 10.1. The van der Waals surface area contributed by atoms with Gasteiger partial charge in [0.25, 0.3) is 5.56 Å². The highest BCUT2D eigenvalue weighted by molar-refractivity contribution is 5.92. The monoisotopic (exact) mass is 257 g/mol. The molecular weight excluding hydrogens is 242 g/mol. The van der Waals surface area contributed by atoms with Crippen LogP contribution in [0.1, 0.15) is 5.56 Å². The van der Waals surface area contributed by atoms with E-state index in [4.69, 9.17) is 5.73 Å². The van der Waals surface area contributed by atoms with Crippen LogP contribution in [0.5, 0.6) is 0 Å². The normalized spacial score (nSPS) is 10.2. The Balaban J connectivity index is 2.12. The Bertz CT molecular complexity index is 662. The summed E-state index contributed by atoms with van der Waals surface area (Å²) in [5.41, 5.74) is 7.66. The van der Waals surface area contributed by atoms with Crippen molar-refractivity contribution in [1.82, 2.24) is 4.57 Å². The van der Waals surface area contributed by atoms with E-state index in [1.165, 1.54) is 10.6 Å². The number of nitrogens with zero attached hydrogens (tertiary/aromatic N) is 1. The van der Waals surface area contributed by atoms with Crippen molar-refractivity contribution >= 4 is 17.3 Å². The number of nitrogens with one attached hydrogen (secondary N) is 1. The lowest BCUT2D eigenvalue weighted by atomic mass is 10.1. The summed E-state index contributed by atoms with van der Waals surface area (Å²) in [4.78, 5) is 23.4. The lowest BCUT2D eigenvalue weighted by molar-refractivity contribution is -0.116. The molecule has 1 heterocycles. The molecule has 0 spiro atoms. The molecule has 0 unspecified atom stereocenters. The quantitative estimate of drug-likeness (QED) is 0.815. The van der Waals surface area contributed by atoms with E-state index in [-0.39, 0.29) is 18.0 Å². The minimum absolute atomic E-state index is 0.0199. The highest BCUT2D eigenvalue weighted by Gasteiger charge is 2.07. The van der Waals surface area contributed by atoms with Gasteiger partial charge in [-0.15, -0.1) is 0 Å². The predicted molar refractivity (Wildman–Crippen MR) is 74.9 cm³/mol. The van der Waals surface area contributed by atoms with Crippen molar-refractivity contribution in [3.63, 3.8) is 0 Å². The van der Waals surface area contributed by atoms with E-state index in [1.54, 1.807) is 36.5 Å². The Morgan fingerprint density at radius 2 is 2.05 bits per heavy atom. The van der Waals surface area contributed by atoms with Gasteiger partial charge in [0.05, 0.1) is 0 Å². The molecule has 5 nitrogen and oxygen atoms in total. The summed E-state index contributed by atoms with van der Waals surface area (Å²) in [6.07, 6.45) is 1.58. The fourth-order valence-corrected chi connectivity index (χ4v) is 1.72. The molecule has 0 aliphatic heterocycles. The number of carbonyl (C=O) groups is 1. The van der Waals surface area contributed by atoms with Gasteiger partial charge in [-0.25, -0.2) is 0 Å². The standard InChI is InChI=1S/C14H15N3O2/c1-10-11(15)5-4-6-12(10)16-13(18)9-17-8-3-2-7-14(17)19/h2-8H,9,15H2,1H3,(H,16,18). The van der Waals surface area contributed by atoms with Gasteiger partial charge in [-0.2, -0.15) is 0 Å². The number of aromatic nitrogens is 1. The van der Waals surface area contributed by atoms with Crippen LogP contribution in [0.4, 0.5) is 11.4 Å². The van der Waals surface area contributed by atoms with Crippen LogP contribution < -0.4 is 16.6 Å². The zero-order valence-corrected chi connectivity index (χ0v) is 10.6. The van der Waals surface area contributed by atoms with Crippen molar-refractivity contribution < 1.29 is 4.79 Å². The maximum atomic E-state index is 11.9. The van der Waals surface area contributed by atoms with Crippen molar-refractivity contribution in [2.75, 3.05) is 11.1 Å². The molecule has 1 amide bonds. The van der Waals surface area contributed by atoms with Gasteiger partial charge < -0.3 is 15.6 Å². The molecule has 3 N–H and O–H groups in total. The smallest absolute Gasteiger partial charge is 0.250 e. The van der Waals surface area contributed by atoms with Gasteiger partial charge in [0.15, 0.2) is 0 Å². The molecule has 0 radical (unpaired) electrons. The fraction of sp³-hybridized carbons (Fsp3) is 0.143. The summed E-state index contributed by atoms with van der Waals surface area (Å²) in [7, 11) is 0. The summed E-state index contributed by atoms with van der Waals surface area (Å²) in [6.45, 7) is 1.81. The Morgan fingerprint density at radius 3 is 2.79 bits per heavy atom. The number of benzene rings is 1. The number of nitrogens with two attached hydrogens (primary N) is 1. The van der Waals surface area contributed by atoms with E-state index in [1.807, 2.05) is 6.92 Å². The first-order valence-electron chi connectivity index (χ1n) is 5.88. The second-order valence-electron chi connectivity index (χ2n) is 4.23. The zero-order valence-electron chi connectivity index (χ0n) is 10.6. The van der Waals surface area contributed by atoms with Gasteiger partial charge in [-0.1, -0.05) is 12.1 Å². The molecule has 19 heavy (non-hydrogen) atoms. The van der Waals surface area contributed by atoms with Crippen LogP contribution in [0.2, 0.25) is 0 Å². The van der Waals surface area contributed by atoms with Gasteiger partial charge in [0.2, 0.25) is 5.91 Å². The molecule has 0 fully saturated rings. The molecule has 0 aliphatic rings. The highest BCUT2D eigenvalue weighted by atomic mass is 16.2. The van der Waals surface area contributed by atoms with E-state index >= 15 is 0 Å². The molecule has 0 aliphatic carbocycles. The molecule has 98 valence electrons. The van der Waals surface area contributed by atoms with Crippen LogP contribution in [-0.4, -0.2) is 10.5 Å². The average Bonchev–Trinajstić information content (AvgIpc) is 2.38. The number of amides is 1. The fourth-order valence-electron chi connectivity index (χ4n) is 1.72. The van der Waals surface area contributed by atoms with Gasteiger partial charge in [-0.05, 0) is 30.7 Å². The summed E-state index contributed by atoms with van der Waals surface area (Å²) < 4.78 is 1.34. The largest absolute Gasteiger partial charge is 0.398 e. The van der Waals surface area contributed by atoms with Crippen molar-refractivity contribution in [2.24, 2.45) is 0 Å². The first-order chi connectivity index (χ1) is 9.08. The molecule has 0 atom stereocenters. The van der Waals surface area contributed by atoms with Crippen LogP contribution in [0.3, 0.4) is 0 Å². The number of pyridine rings is 1. The van der Waals surface area contributed by atoms with E-state index < -0.39 is 0 Å². The van der Waals surface area contributed by atoms with Crippen LogP contribution in [0.15, 0.2) is 47.4 Å². The molecule has 0 saturated carbocycles. The van der Waals surface area contributed by atoms with Crippen molar-refractivity contribution in [1.29, 1.82) is 0 Å². The third-order valence-corrected chi connectivity index (χ3v) is 2.86. The number of anilines is 2.